The third kappa shape index (κ3) is 0.817. The first-order valence-corrected chi connectivity index (χ1v) is 4.77. The summed E-state index contributed by atoms with van der Waals surface area (Å²) in [4.78, 5) is 0. The molecule has 68 valence electrons. The molecule has 5 unspecified atom stereocenters. The first-order chi connectivity index (χ1) is 5.86. The van der Waals surface area contributed by atoms with Gasteiger partial charge in [0.25, 0.3) is 0 Å². The van der Waals surface area contributed by atoms with Crippen molar-refractivity contribution in [2.24, 2.45) is 17.8 Å². The molecule has 12 heavy (non-hydrogen) atoms. The van der Waals surface area contributed by atoms with Crippen LogP contribution in [0.15, 0.2) is 0 Å². The summed E-state index contributed by atoms with van der Waals surface area (Å²) in [6, 6.07) is 0. The highest BCUT2D eigenvalue weighted by Gasteiger charge is 2.50. The van der Waals surface area contributed by atoms with E-state index in [1.54, 1.807) is 0 Å². The molecule has 4 rings (SSSR count). The van der Waals surface area contributed by atoms with Crippen molar-refractivity contribution in [1.29, 1.82) is 0 Å². The maximum absolute atomic E-state index is 9.91. The van der Waals surface area contributed by atoms with E-state index in [4.69, 9.17) is 9.47 Å². The number of ether oxygens (including phenoxy) is 2. The molecule has 5 atom stereocenters. The molecule has 4 aliphatic rings. The molecule has 1 N–H and O–H groups in total. The third-order valence-corrected chi connectivity index (χ3v) is 3.62. The Morgan fingerprint density at radius 2 is 1.83 bits per heavy atom. The van der Waals surface area contributed by atoms with Crippen molar-refractivity contribution >= 4 is 0 Å². The SMILES string of the molecule is OC1C2CCC3C(OC2)OCC13. The summed E-state index contributed by atoms with van der Waals surface area (Å²) < 4.78 is 11.0. The van der Waals surface area contributed by atoms with Crippen LogP contribution in [0.3, 0.4) is 0 Å². The largest absolute Gasteiger partial charge is 0.392 e. The Hall–Kier alpha value is -0.120. The average Bonchev–Trinajstić information content (AvgIpc) is 2.32. The lowest BCUT2D eigenvalue weighted by Gasteiger charge is -2.32. The predicted molar refractivity (Wildman–Crippen MR) is 41.4 cm³/mol. The van der Waals surface area contributed by atoms with Gasteiger partial charge in [-0.2, -0.15) is 0 Å². The third-order valence-electron chi connectivity index (χ3n) is 3.62. The van der Waals surface area contributed by atoms with Gasteiger partial charge in [0, 0.05) is 17.8 Å². The van der Waals surface area contributed by atoms with E-state index in [0.717, 1.165) is 6.42 Å². The smallest absolute Gasteiger partial charge is 0.160 e. The molecule has 3 nitrogen and oxygen atoms in total. The van der Waals surface area contributed by atoms with Crippen LogP contribution >= 0.6 is 0 Å². The van der Waals surface area contributed by atoms with Crippen LogP contribution in [0.2, 0.25) is 0 Å². The molecule has 0 amide bonds. The number of hydrogen-bond donors (Lipinski definition) is 1. The van der Waals surface area contributed by atoms with E-state index in [2.05, 4.69) is 0 Å². The monoisotopic (exact) mass is 170 g/mol. The topological polar surface area (TPSA) is 38.7 Å². The summed E-state index contributed by atoms with van der Waals surface area (Å²) in [5.74, 6) is 1.20. The van der Waals surface area contributed by atoms with Gasteiger partial charge in [-0.05, 0) is 12.8 Å². The van der Waals surface area contributed by atoms with Crippen molar-refractivity contribution in [3.8, 4) is 0 Å². The maximum Gasteiger partial charge on any atom is 0.160 e. The summed E-state index contributed by atoms with van der Waals surface area (Å²) in [6.45, 7) is 1.39. The van der Waals surface area contributed by atoms with Crippen LogP contribution < -0.4 is 0 Å². The van der Waals surface area contributed by atoms with Crippen LogP contribution in [0, 0.1) is 17.8 Å². The lowest BCUT2D eigenvalue weighted by atomic mass is 9.74. The van der Waals surface area contributed by atoms with Gasteiger partial charge in [-0.1, -0.05) is 0 Å². The van der Waals surface area contributed by atoms with Crippen LogP contribution in [0.5, 0.6) is 0 Å². The quantitative estimate of drug-likeness (QED) is 0.571. The minimum absolute atomic E-state index is 0.00264. The van der Waals surface area contributed by atoms with E-state index in [-0.39, 0.29) is 12.4 Å². The summed E-state index contributed by atoms with van der Waals surface area (Å²) in [7, 11) is 0. The fraction of sp³-hybridized carbons (Fsp3) is 1.00. The number of rotatable bonds is 0. The van der Waals surface area contributed by atoms with Crippen LogP contribution in [-0.4, -0.2) is 30.7 Å². The van der Waals surface area contributed by atoms with Crippen LogP contribution in [0.25, 0.3) is 0 Å². The summed E-state index contributed by atoms with van der Waals surface area (Å²) >= 11 is 0. The summed E-state index contributed by atoms with van der Waals surface area (Å²) in [5.41, 5.74) is 0. The molecule has 3 heteroatoms. The van der Waals surface area contributed by atoms with E-state index >= 15 is 0 Å². The Balaban J connectivity index is 1.95. The standard InChI is InChI=1S/C9H14O3/c10-8-5-1-2-6-7(8)4-12-9(6)11-3-5/h5-10H,1-4H2. The maximum atomic E-state index is 9.91. The van der Waals surface area contributed by atoms with Crippen molar-refractivity contribution in [2.75, 3.05) is 13.2 Å². The van der Waals surface area contributed by atoms with Crippen molar-refractivity contribution in [2.45, 2.75) is 25.2 Å². The van der Waals surface area contributed by atoms with Gasteiger partial charge >= 0.3 is 0 Å². The number of fused-ring (bicyclic) bond motifs is 2. The lowest BCUT2D eigenvalue weighted by Crippen LogP contribution is -2.38. The first kappa shape index (κ1) is 7.30. The Morgan fingerprint density at radius 1 is 1.00 bits per heavy atom. The Morgan fingerprint density at radius 3 is 2.75 bits per heavy atom. The second-order valence-electron chi connectivity index (χ2n) is 4.19. The molecule has 0 spiro atoms. The molecule has 4 fully saturated rings. The van der Waals surface area contributed by atoms with Gasteiger partial charge < -0.3 is 14.6 Å². The van der Waals surface area contributed by atoms with Crippen molar-refractivity contribution < 1.29 is 14.6 Å². The van der Waals surface area contributed by atoms with Gasteiger partial charge in [-0.25, -0.2) is 0 Å². The predicted octanol–water partition coefficient (Wildman–Crippen LogP) is 0.376. The minimum Gasteiger partial charge on any atom is -0.392 e. The molecule has 0 aromatic rings. The summed E-state index contributed by atoms with van der Waals surface area (Å²) in [5, 5.41) is 9.91. The highest BCUT2D eigenvalue weighted by molar-refractivity contribution is 4.94. The fourth-order valence-electron chi connectivity index (χ4n) is 2.86. The molecular formula is C9H14O3. The number of hydrogen-bond acceptors (Lipinski definition) is 3. The Kier molecular flexibility index (Phi) is 1.48. The second-order valence-corrected chi connectivity index (χ2v) is 4.19. The molecule has 3 heterocycles. The number of aliphatic hydroxyl groups excluding tert-OH is 1. The van der Waals surface area contributed by atoms with Gasteiger partial charge in [0.2, 0.25) is 0 Å². The van der Waals surface area contributed by atoms with Gasteiger partial charge in [0.15, 0.2) is 6.29 Å². The molecule has 3 saturated heterocycles. The molecule has 0 radical (unpaired) electrons. The van der Waals surface area contributed by atoms with Gasteiger partial charge in [0.1, 0.15) is 0 Å². The zero-order valence-electron chi connectivity index (χ0n) is 6.98. The van der Waals surface area contributed by atoms with Crippen LogP contribution in [-0.2, 0) is 9.47 Å². The Labute approximate surface area is 71.7 Å². The van der Waals surface area contributed by atoms with E-state index < -0.39 is 0 Å². The van der Waals surface area contributed by atoms with E-state index in [1.807, 2.05) is 0 Å². The Bertz CT molecular complexity index is 192. The van der Waals surface area contributed by atoms with E-state index in [0.29, 0.717) is 31.0 Å². The molecular weight excluding hydrogens is 156 g/mol. The summed E-state index contributed by atoms with van der Waals surface area (Å²) in [6.07, 6.45) is 2.12. The van der Waals surface area contributed by atoms with Gasteiger partial charge in [-0.15, -0.1) is 0 Å². The first-order valence-electron chi connectivity index (χ1n) is 4.77. The average molecular weight is 170 g/mol. The zero-order valence-corrected chi connectivity index (χ0v) is 6.98. The van der Waals surface area contributed by atoms with Crippen molar-refractivity contribution in [3.63, 3.8) is 0 Å². The fourth-order valence-corrected chi connectivity index (χ4v) is 2.86. The molecule has 1 saturated carbocycles. The minimum atomic E-state index is -0.170. The molecule has 3 aliphatic heterocycles. The number of aliphatic hydroxyl groups is 1. The second kappa shape index (κ2) is 2.44. The highest BCUT2D eigenvalue weighted by atomic mass is 16.7. The zero-order chi connectivity index (χ0) is 8.13. The van der Waals surface area contributed by atoms with Gasteiger partial charge in [-0.3, -0.25) is 0 Å². The molecule has 4 bridgehead atoms. The normalized spacial score (nSPS) is 57.2. The van der Waals surface area contributed by atoms with E-state index in [9.17, 15) is 5.11 Å². The van der Waals surface area contributed by atoms with Crippen LogP contribution in [0.4, 0.5) is 0 Å². The molecule has 1 aliphatic carbocycles. The van der Waals surface area contributed by atoms with Crippen molar-refractivity contribution in [3.05, 3.63) is 0 Å². The van der Waals surface area contributed by atoms with Gasteiger partial charge in [0.05, 0.1) is 19.3 Å². The van der Waals surface area contributed by atoms with Crippen molar-refractivity contribution in [1.82, 2.24) is 0 Å². The lowest BCUT2D eigenvalue weighted by molar-refractivity contribution is -0.135. The molecule has 0 aromatic carbocycles. The van der Waals surface area contributed by atoms with E-state index in [1.165, 1.54) is 6.42 Å². The van der Waals surface area contributed by atoms with Crippen LogP contribution in [0.1, 0.15) is 12.8 Å². The highest BCUT2D eigenvalue weighted by Crippen LogP contribution is 2.45. The molecule has 0 aromatic heterocycles.